The van der Waals surface area contributed by atoms with Crippen LogP contribution in [0.2, 0.25) is 5.02 Å². The summed E-state index contributed by atoms with van der Waals surface area (Å²) in [7, 11) is -3.97. The number of halogens is 3. The molecule has 3 aromatic carbocycles. The van der Waals surface area contributed by atoms with E-state index in [0.29, 0.717) is 12.0 Å². The molecule has 1 amide bonds. The highest BCUT2D eigenvalue weighted by molar-refractivity contribution is 7.89. The van der Waals surface area contributed by atoms with Crippen molar-refractivity contribution in [1.29, 1.82) is 0 Å². The minimum atomic E-state index is -3.97. The number of nitrogens with zero attached hydrogens (tertiary/aromatic N) is 1. The number of hydrogen-bond acceptors (Lipinski definition) is 3. The van der Waals surface area contributed by atoms with Gasteiger partial charge in [0.1, 0.15) is 11.6 Å². The van der Waals surface area contributed by atoms with Crippen LogP contribution < -0.4 is 5.32 Å². The number of sulfonamides is 1. The third kappa shape index (κ3) is 5.08. The van der Waals surface area contributed by atoms with Gasteiger partial charge in [0.25, 0.3) is 0 Å². The number of carbonyl (C=O) groups excluding carboxylic acids is 1. The molecule has 0 unspecified atom stereocenters. The number of nitrogens with one attached hydrogen (secondary N) is 1. The Morgan fingerprint density at radius 1 is 1.03 bits per heavy atom. The van der Waals surface area contributed by atoms with Crippen LogP contribution in [0.15, 0.2) is 71.6 Å². The highest BCUT2D eigenvalue weighted by Crippen LogP contribution is 2.36. The molecule has 0 aromatic heterocycles. The predicted molar refractivity (Wildman–Crippen MR) is 121 cm³/mol. The van der Waals surface area contributed by atoms with Gasteiger partial charge in [-0.1, -0.05) is 41.9 Å². The minimum Gasteiger partial charge on any atom is -0.352 e. The molecule has 1 heterocycles. The summed E-state index contributed by atoms with van der Waals surface area (Å²) in [6.45, 7) is 0.273. The van der Waals surface area contributed by atoms with Gasteiger partial charge in [0.05, 0.1) is 10.9 Å². The lowest BCUT2D eigenvalue weighted by Crippen LogP contribution is -2.42. The molecule has 1 aliphatic heterocycles. The van der Waals surface area contributed by atoms with Crippen LogP contribution in [-0.4, -0.2) is 25.2 Å². The average Bonchev–Trinajstić information content (AvgIpc) is 2.79. The first kappa shape index (κ1) is 23.4. The van der Waals surface area contributed by atoms with Gasteiger partial charge >= 0.3 is 0 Å². The molecule has 0 saturated heterocycles. The van der Waals surface area contributed by atoms with E-state index in [1.54, 1.807) is 6.07 Å². The molecule has 1 atom stereocenters. The molecule has 1 aliphatic rings. The number of fused-ring (bicyclic) bond motifs is 1. The maximum atomic E-state index is 13.4. The van der Waals surface area contributed by atoms with Crippen LogP contribution in [0.4, 0.5) is 8.78 Å². The van der Waals surface area contributed by atoms with E-state index in [4.69, 9.17) is 11.6 Å². The summed E-state index contributed by atoms with van der Waals surface area (Å²) in [5, 5.41) is 2.93. The Hall–Kier alpha value is -2.81. The Bertz CT molecular complexity index is 1280. The van der Waals surface area contributed by atoms with E-state index in [-0.39, 0.29) is 35.3 Å². The standard InChI is InChI=1S/C24H21ClF2N2O3S/c25-22-13-19(27)6-5-17(22)15-28-24(30)14-23-21-4-2-1-3-16(21)11-12-29(23)33(31,32)20-9-7-18(26)8-10-20/h1-10,13,23H,11-12,14-15H2,(H,28,30)/t23-/m0/s1. The summed E-state index contributed by atoms with van der Waals surface area (Å²) in [4.78, 5) is 12.8. The van der Waals surface area contributed by atoms with E-state index in [2.05, 4.69) is 5.32 Å². The second-order valence-corrected chi connectivity index (χ2v) is 10.0. The molecule has 172 valence electrons. The molecule has 33 heavy (non-hydrogen) atoms. The molecule has 4 rings (SSSR count). The summed E-state index contributed by atoms with van der Waals surface area (Å²) in [5.74, 6) is -1.39. The zero-order valence-corrected chi connectivity index (χ0v) is 19.0. The summed E-state index contributed by atoms with van der Waals surface area (Å²) in [5.41, 5.74) is 2.28. The zero-order valence-electron chi connectivity index (χ0n) is 17.5. The molecule has 0 radical (unpaired) electrons. The van der Waals surface area contributed by atoms with Gasteiger partial charge in [0.15, 0.2) is 0 Å². The van der Waals surface area contributed by atoms with Crippen molar-refractivity contribution >= 4 is 27.5 Å². The monoisotopic (exact) mass is 490 g/mol. The smallest absolute Gasteiger partial charge is 0.243 e. The van der Waals surface area contributed by atoms with Crippen LogP contribution in [0, 0.1) is 11.6 Å². The fourth-order valence-corrected chi connectivity index (χ4v) is 5.82. The molecule has 0 saturated carbocycles. The van der Waals surface area contributed by atoms with Gasteiger partial charge in [-0.15, -0.1) is 0 Å². The lowest BCUT2D eigenvalue weighted by molar-refractivity contribution is -0.122. The number of hydrogen-bond donors (Lipinski definition) is 1. The zero-order chi connectivity index (χ0) is 23.6. The summed E-state index contributed by atoms with van der Waals surface area (Å²) < 4.78 is 54.7. The second kappa shape index (κ2) is 9.59. The third-order valence-electron chi connectivity index (χ3n) is 5.65. The van der Waals surface area contributed by atoms with E-state index in [9.17, 15) is 22.0 Å². The predicted octanol–water partition coefficient (Wildman–Crippen LogP) is 4.61. The van der Waals surface area contributed by atoms with Gasteiger partial charge in [0, 0.05) is 24.5 Å². The van der Waals surface area contributed by atoms with Crippen molar-refractivity contribution in [2.75, 3.05) is 6.54 Å². The van der Waals surface area contributed by atoms with Crippen LogP contribution in [0.25, 0.3) is 0 Å². The highest BCUT2D eigenvalue weighted by Gasteiger charge is 2.37. The fourth-order valence-electron chi connectivity index (χ4n) is 3.98. The van der Waals surface area contributed by atoms with Crippen molar-refractivity contribution in [1.82, 2.24) is 9.62 Å². The van der Waals surface area contributed by atoms with Crippen molar-refractivity contribution in [3.63, 3.8) is 0 Å². The van der Waals surface area contributed by atoms with E-state index >= 15 is 0 Å². The summed E-state index contributed by atoms with van der Waals surface area (Å²) >= 11 is 6.03. The molecule has 0 fully saturated rings. The Balaban J connectivity index is 1.59. The number of benzene rings is 3. The first-order chi connectivity index (χ1) is 15.8. The molecular formula is C24H21ClF2N2O3S. The van der Waals surface area contributed by atoms with Crippen LogP contribution in [0.1, 0.15) is 29.2 Å². The van der Waals surface area contributed by atoms with Crippen molar-refractivity contribution in [2.45, 2.75) is 30.3 Å². The lowest BCUT2D eigenvalue weighted by atomic mass is 9.92. The number of carbonyl (C=O) groups is 1. The van der Waals surface area contributed by atoms with Gasteiger partial charge in [-0.25, -0.2) is 17.2 Å². The minimum absolute atomic E-state index is 0.0354. The highest BCUT2D eigenvalue weighted by atomic mass is 35.5. The topological polar surface area (TPSA) is 66.5 Å². The maximum Gasteiger partial charge on any atom is 0.243 e. The summed E-state index contributed by atoms with van der Waals surface area (Å²) in [6.07, 6.45) is 0.385. The van der Waals surface area contributed by atoms with Gasteiger partial charge in [0.2, 0.25) is 15.9 Å². The van der Waals surface area contributed by atoms with Crippen LogP contribution in [0.5, 0.6) is 0 Å². The molecule has 3 aromatic rings. The first-order valence-electron chi connectivity index (χ1n) is 10.3. The molecule has 5 nitrogen and oxygen atoms in total. The van der Waals surface area contributed by atoms with E-state index < -0.39 is 27.7 Å². The molecule has 0 bridgehead atoms. The van der Waals surface area contributed by atoms with Crippen molar-refractivity contribution in [3.8, 4) is 0 Å². The van der Waals surface area contributed by atoms with Crippen molar-refractivity contribution in [3.05, 3.63) is 100 Å². The SMILES string of the molecule is O=C(C[C@H]1c2ccccc2CCN1S(=O)(=O)c1ccc(F)cc1)NCc1ccc(F)cc1Cl. The van der Waals surface area contributed by atoms with Crippen LogP contribution >= 0.6 is 11.6 Å². The largest absolute Gasteiger partial charge is 0.352 e. The van der Waals surface area contributed by atoms with Crippen molar-refractivity contribution < 1.29 is 22.0 Å². The molecule has 0 aliphatic carbocycles. The second-order valence-electron chi connectivity index (χ2n) is 7.75. The fraction of sp³-hybridized carbons (Fsp3) is 0.208. The van der Waals surface area contributed by atoms with Gasteiger partial charge < -0.3 is 5.32 Å². The Kier molecular flexibility index (Phi) is 6.78. The van der Waals surface area contributed by atoms with E-state index in [1.165, 1.54) is 28.6 Å². The third-order valence-corrected chi connectivity index (χ3v) is 7.93. The van der Waals surface area contributed by atoms with Gasteiger partial charge in [-0.2, -0.15) is 4.31 Å². The molecule has 0 spiro atoms. The lowest BCUT2D eigenvalue weighted by Gasteiger charge is -2.36. The van der Waals surface area contributed by atoms with Crippen LogP contribution in [0.3, 0.4) is 0 Å². The van der Waals surface area contributed by atoms with Gasteiger partial charge in [-0.05, 0) is 59.5 Å². The first-order valence-corrected chi connectivity index (χ1v) is 12.1. The Morgan fingerprint density at radius 3 is 2.45 bits per heavy atom. The number of rotatable bonds is 6. The normalized spacial score (nSPS) is 16.3. The average molecular weight is 491 g/mol. The maximum absolute atomic E-state index is 13.4. The van der Waals surface area contributed by atoms with E-state index in [1.807, 2.05) is 18.2 Å². The Morgan fingerprint density at radius 2 is 1.73 bits per heavy atom. The summed E-state index contributed by atoms with van der Waals surface area (Å²) in [6, 6.07) is 15.2. The van der Waals surface area contributed by atoms with Crippen LogP contribution in [-0.2, 0) is 27.8 Å². The van der Waals surface area contributed by atoms with Gasteiger partial charge in [-0.3, -0.25) is 4.79 Å². The van der Waals surface area contributed by atoms with Crippen molar-refractivity contribution in [2.24, 2.45) is 0 Å². The molecule has 1 N–H and O–H groups in total. The molecular weight excluding hydrogens is 470 g/mol. The molecule has 9 heteroatoms. The Labute approximate surface area is 196 Å². The number of amides is 1. The van der Waals surface area contributed by atoms with E-state index in [0.717, 1.165) is 29.3 Å². The quantitative estimate of drug-likeness (QED) is 0.548.